The molecule has 0 aliphatic heterocycles. The van der Waals surface area contributed by atoms with E-state index in [4.69, 9.17) is 11.5 Å². The number of hydrogen-bond acceptors (Lipinski definition) is 2. The molecule has 60 valence electrons. The lowest BCUT2D eigenvalue weighted by Crippen LogP contribution is -2.46. The van der Waals surface area contributed by atoms with Crippen LogP contribution in [-0.4, -0.2) is 12.1 Å². The molecule has 0 saturated heterocycles. The van der Waals surface area contributed by atoms with E-state index in [9.17, 15) is 0 Å². The molecule has 1 aliphatic carbocycles. The van der Waals surface area contributed by atoms with Crippen LogP contribution < -0.4 is 11.5 Å². The Morgan fingerprint density at radius 1 is 1.50 bits per heavy atom. The molecule has 1 unspecified atom stereocenters. The normalized spacial score (nSPS) is 25.5. The van der Waals surface area contributed by atoms with Crippen molar-refractivity contribution in [3.05, 3.63) is 0 Å². The molecule has 0 amide bonds. The Morgan fingerprint density at radius 3 is 2.40 bits per heavy atom. The molecule has 2 heteroatoms. The van der Waals surface area contributed by atoms with Gasteiger partial charge in [-0.2, -0.15) is 0 Å². The van der Waals surface area contributed by atoms with Crippen LogP contribution in [0.2, 0.25) is 0 Å². The zero-order valence-electron chi connectivity index (χ0n) is 6.77. The van der Waals surface area contributed by atoms with Crippen molar-refractivity contribution in [1.82, 2.24) is 0 Å². The van der Waals surface area contributed by atoms with Gasteiger partial charge in [-0.25, -0.2) is 0 Å². The average molecular weight is 142 g/mol. The molecule has 1 saturated carbocycles. The summed E-state index contributed by atoms with van der Waals surface area (Å²) < 4.78 is 0. The van der Waals surface area contributed by atoms with Crippen LogP contribution in [-0.2, 0) is 0 Å². The Kier molecular flexibility index (Phi) is 2.32. The van der Waals surface area contributed by atoms with Crippen LogP contribution in [0.15, 0.2) is 0 Å². The zero-order valence-corrected chi connectivity index (χ0v) is 6.77. The number of rotatable bonds is 3. The fourth-order valence-corrected chi connectivity index (χ4v) is 1.44. The van der Waals surface area contributed by atoms with Crippen molar-refractivity contribution < 1.29 is 0 Å². The molecule has 0 bridgehead atoms. The topological polar surface area (TPSA) is 52.0 Å². The van der Waals surface area contributed by atoms with E-state index in [-0.39, 0.29) is 5.54 Å². The van der Waals surface area contributed by atoms with Gasteiger partial charge < -0.3 is 11.5 Å². The van der Waals surface area contributed by atoms with E-state index in [2.05, 4.69) is 0 Å². The molecule has 1 aliphatic rings. The Balaban J connectivity index is 2.21. The molecule has 0 aromatic heterocycles. The van der Waals surface area contributed by atoms with Gasteiger partial charge in [-0.15, -0.1) is 0 Å². The van der Waals surface area contributed by atoms with Gasteiger partial charge in [-0.3, -0.25) is 0 Å². The van der Waals surface area contributed by atoms with Gasteiger partial charge >= 0.3 is 0 Å². The maximum Gasteiger partial charge on any atom is 0.0252 e. The molecule has 10 heavy (non-hydrogen) atoms. The van der Waals surface area contributed by atoms with Crippen molar-refractivity contribution in [3.8, 4) is 0 Å². The predicted octanol–water partition coefficient (Wildman–Crippen LogP) is 0.853. The lowest BCUT2D eigenvalue weighted by molar-refractivity contribution is 0.237. The van der Waals surface area contributed by atoms with Gasteiger partial charge in [0.2, 0.25) is 0 Å². The maximum atomic E-state index is 5.90. The van der Waals surface area contributed by atoms with E-state index in [1.54, 1.807) is 0 Å². The summed E-state index contributed by atoms with van der Waals surface area (Å²) >= 11 is 0. The minimum atomic E-state index is -0.106. The van der Waals surface area contributed by atoms with E-state index in [1.165, 1.54) is 19.3 Å². The average Bonchev–Trinajstić information content (AvgIpc) is 1.80. The largest absolute Gasteiger partial charge is 0.329 e. The summed E-state index contributed by atoms with van der Waals surface area (Å²) in [7, 11) is 0. The summed E-state index contributed by atoms with van der Waals surface area (Å²) in [5, 5.41) is 0. The van der Waals surface area contributed by atoms with Crippen LogP contribution >= 0.6 is 0 Å². The molecular formula is C8H18N2. The Bertz CT molecular complexity index is 106. The Hall–Kier alpha value is -0.0800. The Labute approximate surface area is 63.0 Å². The van der Waals surface area contributed by atoms with Gasteiger partial charge in [0.25, 0.3) is 0 Å². The molecule has 1 fully saturated rings. The second-order valence-electron chi connectivity index (χ2n) is 3.86. The molecule has 0 radical (unpaired) electrons. The van der Waals surface area contributed by atoms with Gasteiger partial charge in [-0.1, -0.05) is 19.3 Å². The van der Waals surface area contributed by atoms with Crippen molar-refractivity contribution in [2.45, 2.75) is 38.1 Å². The lowest BCUT2D eigenvalue weighted by Gasteiger charge is -2.33. The van der Waals surface area contributed by atoms with Gasteiger partial charge in [0.1, 0.15) is 0 Å². The first-order valence-electron chi connectivity index (χ1n) is 4.13. The second kappa shape index (κ2) is 2.89. The van der Waals surface area contributed by atoms with Gasteiger partial charge in [0, 0.05) is 12.1 Å². The van der Waals surface area contributed by atoms with Crippen molar-refractivity contribution in [2.75, 3.05) is 6.54 Å². The quantitative estimate of drug-likeness (QED) is 0.614. The standard InChI is InChI=1S/C8H18N2/c1-8(10,6-9)5-7-3-2-4-7/h7H,2-6,9-10H2,1H3. The van der Waals surface area contributed by atoms with E-state index >= 15 is 0 Å². The maximum absolute atomic E-state index is 5.90. The smallest absolute Gasteiger partial charge is 0.0252 e. The molecule has 0 aromatic carbocycles. The highest BCUT2D eigenvalue weighted by Crippen LogP contribution is 2.32. The molecule has 4 N–H and O–H groups in total. The van der Waals surface area contributed by atoms with Crippen LogP contribution in [0, 0.1) is 5.92 Å². The fraction of sp³-hybridized carbons (Fsp3) is 1.00. The van der Waals surface area contributed by atoms with E-state index < -0.39 is 0 Å². The summed E-state index contributed by atoms with van der Waals surface area (Å²) in [6, 6.07) is 0. The third-order valence-electron chi connectivity index (χ3n) is 2.45. The summed E-state index contributed by atoms with van der Waals surface area (Å²) in [6.07, 6.45) is 5.24. The highest BCUT2D eigenvalue weighted by molar-refractivity contribution is 4.85. The van der Waals surface area contributed by atoms with Crippen LogP contribution in [0.1, 0.15) is 32.6 Å². The number of nitrogens with two attached hydrogens (primary N) is 2. The minimum absolute atomic E-state index is 0.106. The molecule has 0 aromatic rings. The highest BCUT2D eigenvalue weighted by atomic mass is 14.8. The minimum Gasteiger partial charge on any atom is -0.329 e. The lowest BCUT2D eigenvalue weighted by atomic mass is 9.77. The SMILES string of the molecule is CC(N)(CN)CC1CCC1. The first-order valence-corrected chi connectivity index (χ1v) is 4.13. The van der Waals surface area contributed by atoms with Crippen LogP contribution in [0.3, 0.4) is 0 Å². The highest BCUT2D eigenvalue weighted by Gasteiger charge is 2.26. The zero-order chi connectivity index (χ0) is 7.61. The predicted molar refractivity (Wildman–Crippen MR) is 43.6 cm³/mol. The first-order chi connectivity index (χ1) is 4.64. The third kappa shape index (κ3) is 1.96. The van der Waals surface area contributed by atoms with Crippen molar-refractivity contribution >= 4 is 0 Å². The summed E-state index contributed by atoms with van der Waals surface area (Å²) in [5.41, 5.74) is 11.3. The van der Waals surface area contributed by atoms with E-state index in [0.717, 1.165) is 12.3 Å². The monoisotopic (exact) mass is 142 g/mol. The van der Waals surface area contributed by atoms with Gasteiger partial charge in [0.05, 0.1) is 0 Å². The van der Waals surface area contributed by atoms with E-state index in [1.807, 2.05) is 6.92 Å². The van der Waals surface area contributed by atoms with Crippen molar-refractivity contribution in [3.63, 3.8) is 0 Å². The summed E-state index contributed by atoms with van der Waals surface area (Å²) in [5.74, 6) is 0.874. The molecule has 2 nitrogen and oxygen atoms in total. The third-order valence-corrected chi connectivity index (χ3v) is 2.45. The van der Waals surface area contributed by atoms with Gasteiger partial charge in [0.15, 0.2) is 0 Å². The van der Waals surface area contributed by atoms with Crippen LogP contribution in [0.4, 0.5) is 0 Å². The fourth-order valence-electron chi connectivity index (χ4n) is 1.44. The molecule has 0 heterocycles. The molecular weight excluding hydrogens is 124 g/mol. The van der Waals surface area contributed by atoms with E-state index in [0.29, 0.717) is 6.54 Å². The summed E-state index contributed by atoms with van der Waals surface area (Å²) in [6.45, 7) is 2.66. The molecule has 0 spiro atoms. The number of hydrogen-bond donors (Lipinski definition) is 2. The van der Waals surface area contributed by atoms with Crippen LogP contribution in [0.5, 0.6) is 0 Å². The first kappa shape index (κ1) is 8.02. The second-order valence-corrected chi connectivity index (χ2v) is 3.86. The molecule has 1 atom stereocenters. The van der Waals surface area contributed by atoms with Crippen LogP contribution in [0.25, 0.3) is 0 Å². The Morgan fingerprint density at radius 2 is 2.10 bits per heavy atom. The van der Waals surface area contributed by atoms with Gasteiger partial charge in [-0.05, 0) is 19.3 Å². The van der Waals surface area contributed by atoms with Crippen molar-refractivity contribution in [1.29, 1.82) is 0 Å². The summed E-state index contributed by atoms with van der Waals surface area (Å²) in [4.78, 5) is 0. The molecule has 1 rings (SSSR count). The van der Waals surface area contributed by atoms with Crippen molar-refractivity contribution in [2.24, 2.45) is 17.4 Å².